The normalized spacial score (nSPS) is 11.1. The van der Waals surface area contributed by atoms with E-state index in [9.17, 15) is 22.8 Å². The summed E-state index contributed by atoms with van der Waals surface area (Å²) in [5, 5.41) is 2.60. The quantitative estimate of drug-likeness (QED) is 0.577. The lowest BCUT2D eigenvalue weighted by molar-refractivity contribution is -0.137. The Morgan fingerprint density at radius 3 is 2.07 bits per heavy atom. The molecular weight excluding hydrogens is 367 g/mol. The number of anilines is 1. The van der Waals surface area contributed by atoms with Crippen molar-refractivity contribution in [3.8, 4) is 11.1 Å². The SMILES string of the molecule is CC(=O)c1ccc(NC(=O)c2cc(C(F)(F)F)ccc2-c2ccccc2)cc1. The molecule has 3 nitrogen and oxygen atoms in total. The third kappa shape index (κ3) is 4.28. The fourth-order valence-corrected chi connectivity index (χ4v) is 2.76. The van der Waals surface area contributed by atoms with Crippen LogP contribution in [0.1, 0.15) is 33.2 Å². The maximum atomic E-state index is 13.1. The van der Waals surface area contributed by atoms with Gasteiger partial charge in [-0.3, -0.25) is 9.59 Å². The van der Waals surface area contributed by atoms with Gasteiger partial charge >= 0.3 is 6.18 Å². The van der Waals surface area contributed by atoms with Crippen LogP contribution in [0, 0.1) is 0 Å². The van der Waals surface area contributed by atoms with Crippen molar-refractivity contribution >= 4 is 17.4 Å². The smallest absolute Gasteiger partial charge is 0.322 e. The molecule has 0 unspecified atom stereocenters. The summed E-state index contributed by atoms with van der Waals surface area (Å²) in [6, 6.07) is 18.0. The van der Waals surface area contributed by atoms with Gasteiger partial charge in [-0.25, -0.2) is 0 Å². The second-order valence-electron chi connectivity index (χ2n) is 6.21. The molecule has 142 valence electrons. The van der Waals surface area contributed by atoms with Gasteiger partial charge in [-0.1, -0.05) is 36.4 Å². The Labute approximate surface area is 159 Å². The molecule has 0 heterocycles. The van der Waals surface area contributed by atoms with Crippen LogP contribution < -0.4 is 5.32 Å². The van der Waals surface area contributed by atoms with Crippen molar-refractivity contribution in [2.75, 3.05) is 5.32 Å². The number of hydrogen-bond acceptors (Lipinski definition) is 2. The first kappa shape index (κ1) is 19.4. The zero-order valence-corrected chi connectivity index (χ0v) is 14.9. The van der Waals surface area contributed by atoms with Gasteiger partial charge in [0, 0.05) is 16.8 Å². The number of Topliss-reactive ketones (excluding diaryl/α,β-unsaturated/α-hetero) is 1. The molecule has 0 aliphatic carbocycles. The van der Waals surface area contributed by atoms with Crippen LogP contribution in [0.2, 0.25) is 0 Å². The Bertz CT molecular complexity index is 1010. The topological polar surface area (TPSA) is 46.2 Å². The fourth-order valence-electron chi connectivity index (χ4n) is 2.76. The highest BCUT2D eigenvalue weighted by Gasteiger charge is 2.32. The number of amides is 1. The Morgan fingerprint density at radius 1 is 0.857 bits per heavy atom. The molecule has 0 aliphatic rings. The largest absolute Gasteiger partial charge is 0.416 e. The number of hydrogen-bond donors (Lipinski definition) is 1. The highest BCUT2D eigenvalue weighted by atomic mass is 19.4. The summed E-state index contributed by atoms with van der Waals surface area (Å²) in [5.74, 6) is -0.789. The number of alkyl halides is 3. The van der Waals surface area contributed by atoms with Crippen LogP contribution in [0.5, 0.6) is 0 Å². The number of ketones is 1. The molecule has 3 aromatic carbocycles. The minimum atomic E-state index is -4.56. The standard InChI is InChI=1S/C22H16F3NO2/c1-14(27)15-7-10-18(11-8-15)26-21(28)20-13-17(22(23,24)25)9-12-19(20)16-5-3-2-4-6-16/h2-13H,1H3,(H,26,28). The van der Waals surface area contributed by atoms with Gasteiger partial charge in [0.1, 0.15) is 0 Å². The van der Waals surface area contributed by atoms with Crippen LogP contribution in [-0.4, -0.2) is 11.7 Å². The van der Waals surface area contributed by atoms with Crippen molar-refractivity contribution in [3.05, 3.63) is 89.5 Å². The molecular formula is C22H16F3NO2. The second-order valence-corrected chi connectivity index (χ2v) is 6.21. The molecule has 0 spiro atoms. The predicted octanol–water partition coefficient (Wildman–Crippen LogP) is 5.83. The molecule has 3 rings (SSSR count). The molecule has 6 heteroatoms. The Kier molecular flexibility index (Phi) is 5.31. The molecule has 0 fully saturated rings. The highest BCUT2D eigenvalue weighted by Crippen LogP contribution is 2.33. The van der Waals surface area contributed by atoms with Gasteiger partial charge in [0.25, 0.3) is 5.91 Å². The van der Waals surface area contributed by atoms with E-state index in [-0.39, 0.29) is 11.3 Å². The molecule has 1 amide bonds. The van der Waals surface area contributed by atoms with Crippen LogP contribution in [-0.2, 0) is 6.18 Å². The summed E-state index contributed by atoms with van der Waals surface area (Å²) in [4.78, 5) is 24.1. The number of nitrogens with one attached hydrogen (secondary N) is 1. The van der Waals surface area contributed by atoms with Gasteiger partial charge in [-0.15, -0.1) is 0 Å². The molecule has 3 aromatic rings. The Morgan fingerprint density at radius 2 is 1.50 bits per heavy atom. The van der Waals surface area contributed by atoms with E-state index in [1.165, 1.54) is 25.1 Å². The van der Waals surface area contributed by atoms with Crippen LogP contribution in [0.4, 0.5) is 18.9 Å². The van der Waals surface area contributed by atoms with Crippen LogP contribution in [0.15, 0.2) is 72.8 Å². The molecule has 0 bridgehead atoms. The maximum Gasteiger partial charge on any atom is 0.416 e. The van der Waals surface area contributed by atoms with E-state index in [1.807, 2.05) is 0 Å². The lowest BCUT2D eigenvalue weighted by Gasteiger charge is -2.14. The van der Waals surface area contributed by atoms with E-state index in [1.54, 1.807) is 42.5 Å². The molecule has 0 atom stereocenters. The van der Waals surface area contributed by atoms with Crippen LogP contribution >= 0.6 is 0 Å². The first-order valence-electron chi connectivity index (χ1n) is 8.45. The first-order chi connectivity index (χ1) is 13.3. The number of rotatable bonds is 4. The predicted molar refractivity (Wildman–Crippen MR) is 101 cm³/mol. The zero-order chi connectivity index (χ0) is 20.3. The maximum absolute atomic E-state index is 13.1. The van der Waals surface area contributed by atoms with E-state index in [4.69, 9.17) is 0 Å². The van der Waals surface area contributed by atoms with E-state index in [2.05, 4.69) is 5.32 Å². The minimum absolute atomic E-state index is 0.0864. The van der Waals surface area contributed by atoms with Gasteiger partial charge in [0.2, 0.25) is 0 Å². The average molecular weight is 383 g/mol. The van der Waals surface area contributed by atoms with Gasteiger partial charge in [-0.05, 0) is 54.4 Å². The molecule has 28 heavy (non-hydrogen) atoms. The summed E-state index contributed by atoms with van der Waals surface area (Å²) in [6.07, 6.45) is -4.56. The summed E-state index contributed by atoms with van der Waals surface area (Å²) < 4.78 is 39.4. The fraction of sp³-hybridized carbons (Fsp3) is 0.0909. The third-order valence-corrected chi connectivity index (χ3v) is 4.23. The molecule has 0 saturated carbocycles. The highest BCUT2D eigenvalue weighted by molar-refractivity contribution is 6.09. The lowest BCUT2D eigenvalue weighted by Crippen LogP contribution is -2.15. The van der Waals surface area contributed by atoms with E-state index in [0.29, 0.717) is 22.4 Å². The van der Waals surface area contributed by atoms with Crippen molar-refractivity contribution in [2.24, 2.45) is 0 Å². The van der Waals surface area contributed by atoms with Crippen LogP contribution in [0.25, 0.3) is 11.1 Å². The summed E-state index contributed by atoms with van der Waals surface area (Å²) >= 11 is 0. The number of halogens is 3. The zero-order valence-electron chi connectivity index (χ0n) is 14.9. The number of benzene rings is 3. The van der Waals surface area contributed by atoms with Crippen LogP contribution in [0.3, 0.4) is 0 Å². The van der Waals surface area contributed by atoms with Crippen molar-refractivity contribution in [1.29, 1.82) is 0 Å². The lowest BCUT2D eigenvalue weighted by atomic mass is 9.96. The first-order valence-corrected chi connectivity index (χ1v) is 8.45. The molecule has 1 N–H and O–H groups in total. The molecule has 0 radical (unpaired) electrons. The van der Waals surface area contributed by atoms with Crippen molar-refractivity contribution < 1.29 is 22.8 Å². The van der Waals surface area contributed by atoms with Crippen molar-refractivity contribution in [2.45, 2.75) is 13.1 Å². The number of carbonyl (C=O) groups excluding carboxylic acids is 2. The summed E-state index contributed by atoms with van der Waals surface area (Å²) in [7, 11) is 0. The van der Waals surface area contributed by atoms with Gasteiger partial charge < -0.3 is 5.32 Å². The second kappa shape index (κ2) is 7.68. The van der Waals surface area contributed by atoms with E-state index >= 15 is 0 Å². The molecule has 0 aromatic heterocycles. The van der Waals surface area contributed by atoms with Gasteiger partial charge in [-0.2, -0.15) is 13.2 Å². The van der Waals surface area contributed by atoms with Crippen molar-refractivity contribution in [3.63, 3.8) is 0 Å². The average Bonchev–Trinajstić information content (AvgIpc) is 2.68. The number of carbonyl (C=O) groups is 2. The minimum Gasteiger partial charge on any atom is -0.322 e. The van der Waals surface area contributed by atoms with E-state index in [0.717, 1.165) is 12.1 Å². The van der Waals surface area contributed by atoms with E-state index < -0.39 is 17.6 Å². The third-order valence-electron chi connectivity index (χ3n) is 4.23. The van der Waals surface area contributed by atoms with Gasteiger partial charge in [0.05, 0.1) is 5.56 Å². The summed E-state index contributed by atoms with van der Waals surface area (Å²) in [5.41, 5.74) is 0.897. The Hall–Kier alpha value is -3.41. The molecule has 0 aliphatic heterocycles. The van der Waals surface area contributed by atoms with Gasteiger partial charge in [0.15, 0.2) is 5.78 Å². The Balaban J connectivity index is 1.99. The monoisotopic (exact) mass is 383 g/mol. The van der Waals surface area contributed by atoms with Crippen molar-refractivity contribution in [1.82, 2.24) is 0 Å². The summed E-state index contributed by atoms with van der Waals surface area (Å²) in [6.45, 7) is 1.42. The molecule has 0 saturated heterocycles.